The van der Waals surface area contributed by atoms with Crippen LogP contribution in [0.2, 0.25) is 0 Å². The molecule has 0 aliphatic carbocycles. The van der Waals surface area contributed by atoms with Gasteiger partial charge in [-0.3, -0.25) is 0 Å². The van der Waals surface area contributed by atoms with Gasteiger partial charge in [0.1, 0.15) is 0 Å². The molecule has 0 aliphatic rings. The van der Waals surface area contributed by atoms with Crippen molar-refractivity contribution in [1.29, 1.82) is 10.5 Å². The summed E-state index contributed by atoms with van der Waals surface area (Å²) in [6.07, 6.45) is 0. The van der Waals surface area contributed by atoms with Crippen molar-refractivity contribution < 1.29 is 0 Å². The quantitative estimate of drug-likeness (QED) is 0.167. The molecule has 3 aromatic heterocycles. The van der Waals surface area contributed by atoms with Crippen molar-refractivity contribution in [2.45, 2.75) is 13.8 Å². The van der Waals surface area contributed by atoms with Gasteiger partial charge in [0.2, 0.25) is 0 Å². The van der Waals surface area contributed by atoms with E-state index in [0.717, 1.165) is 82.8 Å². The van der Waals surface area contributed by atoms with Gasteiger partial charge in [-0.2, -0.15) is 10.5 Å². The zero-order valence-electron chi connectivity index (χ0n) is 33.9. The minimum absolute atomic E-state index is 0.364. The van der Waals surface area contributed by atoms with Crippen LogP contribution in [0, 0.1) is 36.5 Å². The van der Waals surface area contributed by atoms with Crippen LogP contribution in [-0.4, -0.2) is 24.1 Å². The van der Waals surface area contributed by atoms with Crippen molar-refractivity contribution in [3.05, 3.63) is 198 Å². The molecule has 62 heavy (non-hydrogen) atoms. The molecule has 290 valence electrons. The highest BCUT2D eigenvalue weighted by Crippen LogP contribution is 2.43. The van der Waals surface area contributed by atoms with E-state index < -0.39 is 0 Å². The molecule has 0 amide bonds. The first kappa shape index (κ1) is 36.4. The summed E-state index contributed by atoms with van der Waals surface area (Å²) in [6, 6.07) is 64.3. The third-order valence-corrected chi connectivity index (χ3v) is 11.8. The Morgan fingerprint density at radius 3 is 1.55 bits per heavy atom. The summed E-state index contributed by atoms with van der Waals surface area (Å²) in [5.41, 5.74) is 12.9. The molecular weight excluding hydrogens is 759 g/mol. The molecule has 0 fully saturated rings. The highest BCUT2D eigenvalue weighted by Gasteiger charge is 2.26. The predicted octanol–water partition coefficient (Wildman–Crippen LogP) is 13.1. The standard InChI is InChI=1S/C55H35N7/c1-34-25-27-47-43(29-34)41-18-6-8-21-45(41)61(47)49-23-11-17-39(33-57)51(49)54-58-53(37-14-4-3-5-15-37)59-55(60-54)52-40(38-16-10-13-36(31-38)32-56)20-12-24-50(52)62-46-22-9-7-19-42(46)44-30-35(2)26-28-48(44)62/h3-31H,1-2H3. The topological polar surface area (TPSA) is 96.1 Å². The maximum atomic E-state index is 10.9. The van der Waals surface area contributed by atoms with Crippen LogP contribution in [0.4, 0.5) is 0 Å². The van der Waals surface area contributed by atoms with E-state index in [-0.39, 0.29) is 0 Å². The lowest BCUT2D eigenvalue weighted by molar-refractivity contribution is 1.06. The van der Waals surface area contributed by atoms with Gasteiger partial charge in [-0.15, -0.1) is 0 Å². The Balaban J connectivity index is 1.28. The molecule has 0 spiro atoms. The van der Waals surface area contributed by atoms with Gasteiger partial charge in [0.05, 0.1) is 67.8 Å². The summed E-state index contributed by atoms with van der Waals surface area (Å²) < 4.78 is 4.51. The van der Waals surface area contributed by atoms with Crippen LogP contribution in [0.1, 0.15) is 22.3 Å². The Kier molecular flexibility index (Phi) is 8.56. The molecule has 0 N–H and O–H groups in total. The molecule has 0 aliphatic heterocycles. The van der Waals surface area contributed by atoms with Gasteiger partial charge in [-0.05, 0) is 91.7 Å². The van der Waals surface area contributed by atoms with Crippen LogP contribution in [0.25, 0.3) is 100 Å². The van der Waals surface area contributed by atoms with Crippen LogP contribution in [0.5, 0.6) is 0 Å². The Hall–Kier alpha value is -8.65. The number of aryl methyl sites for hydroxylation is 2. The molecular formula is C55H35N7. The maximum Gasteiger partial charge on any atom is 0.167 e. The molecule has 0 saturated carbocycles. The van der Waals surface area contributed by atoms with Gasteiger partial charge in [-0.1, -0.05) is 120 Å². The molecule has 0 atom stereocenters. The average molecular weight is 794 g/mol. The Bertz CT molecular complexity index is 3690. The van der Waals surface area contributed by atoms with E-state index in [1.807, 2.05) is 78.9 Å². The molecule has 11 rings (SSSR count). The molecule has 3 heterocycles. The molecule has 11 aromatic rings. The highest BCUT2D eigenvalue weighted by molar-refractivity contribution is 6.11. The van der Waals surface area contributed by atoms with Gasteiger partial charge in [-0.25, -0.2) is 15.0 Å². The Morgan fingerprint density at radius 1 is 0.403 bits per heavy atom. The smallest absolute Gasteiger partial charge is 0.167 e. The first-order valence-corrected chi connectivity index (χ1v) is 20.5. The van der Waals surface area contributed by atoms with Crippen molar-refractivity contribution in [3.8, 4) is 68.8 Å². The Labute approximate surface area is 357 Å². The summed E-state index contributed by atoms with van der Waals surface area (Å²) in [7, 11) is 0. The predicted molar refractivity (Wildman–Crippen MR) is 249 cm³/mol. The van der Waals surface area contributed by atoms with Gasteiger partial charge in [0.25, 0.3) is 0 Å². The lowest BCUT2D eigenvalue weighted by Gasteiger charge is -2.19. The molecule has 0 radical (unpaired) electrons. The fourth-order valence-electron chi connectivity index (χ4n) is 9.02. The van der Waals surface area contributed by atoms with Gasteiger partial charge < -0.3 is 9.13 Å². The normalized spacial score (nSPS) is 11.4. The van der Waals surface area contributed by atoms with Gasteiger partial charge >= 0.3 is 0 Å². The van der Waals surface area contributed by atoms with Crippen molar-refractivity contribution in [1.82, 2.24) is 24.1 Å². The second-order valence-corrected chi connectivity index (χ2v) is 15.6. The SMILES string of the molecule is Cc1ccc2c(c1)c1ccccc1n2-c1cccc(C#N)c1-c1nc(-c2ccccc2)nc(-c2c(-c3cccc(C#N)c3)cccc2-n2c3ccccc3c3cc(C)ccc32)n1. The molecule has 0 unspecified atom stereocenters. The van der Waals surface area contributed by atoms with E-state index in [4.69, 9.17) is 15.0 Å². The Morgan fingerprint density at radius 2 is 0.919 bits per heavy atom. The van der Waals surface area contributed by atoms with Crippen molar-refractivity contribution >= 4 is 43.6 Å². The van der Waals surface area contributed by atoms with Crippen LogP contribution < -0.4 is 0 Å². The zero-order chi connectivity index (χ0) is 41.9. The minimum atomic E-state index is 0.364. The highest BCUT2D eigenvalue weighted by atomic mass is 15.1. The van der Waals surface area contributed by atoms with Crippen molar-refractivity contribution in [2.24, 2.45) is 0 Å². The molecule has 0 bridgehead atoms. The van der Waals surface area contributed by atoms with Gasteiger partial charge in [0, 0.05) is 27.1 Å². The lowest BCUT2D eigenvalue weighted by Crippen LogP contribution is -2.07. The van der Waals surface area contributed by atoms with Gasteiger partial charge in [0.15, 0.2) is 17.5 Å². The van der Waals surface area contributed by atoms with E-state index in [1.165, 1.54) is 5.56 Å². The van der Waals surface area contributed by atoms with Crippen molar-refractivity contribution in [2.75, 3.05) is 0 Å². The minimum Gasteiger partial charge on any atom is -0.308 e. The maximum absolute atomic E-state index is 10.9. The van der Waals surface area contributed by atoms with E-state index in [9.17, 15) is 10.5 Å². The number of aromatic nitrogens is 5. The summed E-state index contributed by atoms with van der Waals surface area (Å²) >= 11 is 0. The van der Waals surface area contributed by atoms with E-state index in [0.29, 0.717) is 34.2 Å². The first-order valence-electron chi connectivity index (χ1n) is 20.5. The molecule has 0 saturated heterocycles. The monoisotopic (exact) mass is 793 g/mol. The summed E-state index contributed by atoms with van der Waals surface area (Å²) in [6.45, 7) is 4.22. The number of hydrogen-bond donors (Lipinski definition) is 0. The van der Waals surface area contributed by atoms with Crippen molar-refractivity contribution in [3.63, 3.8) is 0 Å². The molecule has 7 nitrogen and oxygen atoms in total. The number of rotatable bonds is 6. The third-order valence-electron chi connectivity index (χ3n) is 11.8. The zero-order valence-corrected chi connectivity index (χ0v) is 33.9. The summed E-state index contributed by atoms with van der Waals surface area (Å²) in [5, 5.41) is 25.5. The summed E-state index contributed by atoms with van der Waals surface area (Å²) in [4.78, 5) is 16.0. The fraction of sp³-hybridized carbons (Fsp3) is 0.0364. The fourth-order valence-corrected chi connectivity index (χ4v) is 9.02. The van der Waals surface area contributed by atoms with E-state index in [2.05, 4.69) is 132 Å². The second kappa shape index (κ2) is 14.6. The van der Waals surface area contributed by atoms with Crippen LogP contribution >= 0.6 is 0 Å². The van der Waals surface area contributed by atoms with Crippen LogP contribution in [0.3, 0.4) is 0 Å². The number of para-hydroxylation sites is 2. The third kappa shape index (κ3) is 5.84. The molecule has 7 heteroatoms. The number of nitriles is 2. The number of benzene rings is 8. The van der Waals surface area contributed by atoms with E-state index in [1.54, 1.807) is 0 Å². The number of hydrogen-bond acceptors (Lipinski definition) is 5. The first-order chi connectivity index (χ1) is 30.5. The second-order valence-electron chi connectivity index (χ2n) is 15.6. The molecule has 8 aromatic carbocycles. The average Bonchev–Trinajstić information content (AvgIpc) is 3.83. The number of fused-ring (bicyclic) bond motifs is 6. The van der Waals surface area contributed by atoms with Crippen LogP contribution in [-0.2, 0) is 0 Å². The number of nitrogens with zero attached hydrogens (tertiary/aromatic N) is 7. The van der Waals surface area contributed by atoms with Crippen LogP contribution in [0.15, 0.2) is 176 Å². The largest absolute Gasteiger partial charge is 0.308 e. The van der Waals surface area contributed by atoms with E-state index >= 15 is 0 Å². The lowest BCUT2D eigenvalue weighted by atomic mass is 9.95. The summed E-state index contributed by atoms with van der Waals surface area (Å²) in [5.74, 6) is 1.26.